The molecule has 0 atom stereocenters. The smallest absolute Gasteiger partial charge is 0.303 e. The number of hydrogen-bond acceptors (Lipinski definition) is 3. The van der Waals surface area contributed by atoms with E-state index in [0.29, 0.717) is 13.0 Å². The van der Waals surface area contributed by atoms with Crippen LogP contribution in [-0.2, 0) is 17.8 Å². The van der Waals surface area contributed by atoms with Crippen molar-refractivity contribution in [2.24, 2.45) is 0 Å². The number of nitrogens with zero attached hydrogens (tertiary/aromatic N) is 2. The molecule has 1 aromatic rings. The van der Waals surface area contributed by atoms with Crippen molar-refractivity contribution >= 4 is 5.97 Å². The van der Waals surface area contributed by atoms with Crippen molar-refractivity contribution in [2.45, 2.75) is 19.4 Å². The van der Waals surface area contributed by atoms with E-state index in [0.717, 1.165) is 12.1 Å². The first-order valence-corrected chi connectivity index (χ1v) is 5.55. The molecule has 17 heavy (non-hydrogen) atoms. The minimum Gasteiger partial charge on any atom is -0.481 e. The van der Waals surface area contributed by atoms with Crippen molar-refractivity contribution in [3.8, 4) is 0 Å². The average Bonchev–Trinajstić information content (AvgIpc) is 2.24. The second kappa shape index (κ2) is 6.20. The van der Waals surface area contributed by atoms with E-state index in [4.69, 9.17) is 5.11 Å². The fourth-order valence-electron chi connectivity index (χ4n) is 1.45. The van der Waals surface area contributed by atoms with Crippen LogP contribution in [0.5, 0.6) is 0 Å². The molecule has 0 aromatic carbocycles. The first-order chi connectivity index (χ1) is 7.99. The summed E-state index contributed by atoms with van der Waals surface area (Å²) in [4.78, 5) is 24.1. The Balaban J connectivity index is 2.66. The summed E-state index contributed by atoms with van der Waals surface area (Å²) < 4.78 is 1.63. The number of aromatic nitrogens is 1. The van der Waals surface area contributed by atoms with Crippen LogP contribution in [0.15, 0.2) is 23.1 Å². The Hall–Kier alpha value is -1.62. The van der Waals surface area contributed by atoms with E-state index in [-0.39, 0.29) is 12.0 Å². The van der Waals surface area contributed by atoms with Crippen LogP contribution in [0.3, 0.4) is 0 Å². The van der Waals surface area contributed by atoms with Crippen molar-refractivity contribution in [3.63, 3.8) is 0 Å². The van der Waals surface area contributed by atoms with Gasteiger partial charge in [0.05, 0.1) is 0 Å². The van der Waals surface area contributed by atoms with Gasteiger partial charge in [0, 0.05) is 31.8 Å². The number of carboxylic acids is 1. The zero-order chi connectivity index (χ0) is 12.8. The molecular formula is C12H18N2O3. The highest BCUT2D eigenvalue weighted by molar-refractivity contribution is 5.67. The number of likely N-dealkylation sites (N-methyl/N-ethyl adjacent to an activating group) is 1. The number of carbonyl (C=O) groups is 1. The highest BCUT2D eigenvalue weighted by atomic mass is 16.4. The molecule has 0 aliphatic rings. The van der Waals surface area contributed by atoms with E-state index >= 15 is 0 Å². The van der Waals surface area contributed by atoms with E-state index in [9.17, 15) is 9.59 Å². The molecule has 0 unspecified atom stereocenters. The van der Waals surface area contributed by atoms with Crippen LogP contribution in [0.2, 0.25) is 0 Å². The Morgan fingerprint density at radius 3 is 2.71 bits per heavy atom. The van der Waals surface area contributed by atoms with Crippen molar-refractivity contribution in [1.29, 1.82) is 0 Å². The minimum atomic E-state index is -0.846. The van der Waals surface area contributed by atoms with Gasteiger partial charge in [0.1, 0.15) is 0 Å². The Morgan fingerprint density at radius 2 is 2.18 bits per heavy atom. The fourth-order valence-corrected chi connectivity index (χ4v) is 1.45. The van der Waals surface area contributed by atoms with Gasteiger partial charge in [-0.15, -0.1) is 0 Å². The normalized spacial score (nSPS) is 10.8. The molecule has 0 fully saturated rings. The SMILES string of the molecule is CN(C)CCn1ccc(CCC(=O)O)cc1=O. The van der Waals surface area contributed by atoms with E-state index < -0.39 is 5.97 Å². The molecule has 1 heterocycles. The minimum absolute atomic E-state index is 0.0567. The quantitative estimate of drug-likeness (QED) is 0.780. The Kier molecular flexibility index (Phi) is 4.90. The van der Waals surface area contributed by atoms with Crippen LogP contribution in [-0.4, -0.2) is 41.2 Å². The van der Waals surface area contributed by atoms with Gasteiger partial charge in [-0.2, -0.15) is 0 Å². The zero-order valence-corrected chi connectivity index (χ0v) is 10.2. The molecule has 1 aromatic heterocycles. The van der Waals surface area contributed by atoms with Crippen LogP contribution in [0.4, 0.5) is 0 Å². The number of rotatable bonds is 6. The van der Waals surface area contributed by atoms with Crippen LogP contribution in [0, 0.1) is 0 Å². The third kappa shape index (κ3) is 4.82. The second-order valence-corrected chi connectivity index (χ2v) is 4.26. The molecule has 0 spiro atoms. The molecule has 5 heteroatoms. The third-order valence-electron chi connectivity index (χ3n) is 2.48. The van der Waals surface area contributed by atoms with Crippen LogP contribution in [0.25, 0.3) is 0 Å². The van der Waals surface area contributed by atoms with Crippen LogP contribution < -0.4 is 5.56 Å². The van der Waals surface area contributed by atoms with Gasteiger partial charge >= 0.3 is 5.97 Å². The predicted molar refractivity (Wildman–Crippen MR) is 65.2 cm³/mol. The number of carboxylic acid groups (broad SMARTS) is 1. The highest BCUT2D eigenvalue weighted by Gasteiger charge is 2.02. The number of aryl methyl sites for hydroxylation is 1. The molecule has 0 radical (unpaired) electrons. The number of aliphatic carboxylic acids is 1. The molecule has 5 nitrogen and oxygen atoms in total. The maximum Gasteiger partial charge on any atom is 0.303 e. The lowest BCUT2D eigenvalue weighted by molar-refractivity contribution is -0.136. The summed E-state index contributed by atoms with van der Waals surface area (Å²) in [5, 5.41) is 8.56. The van der Waals surface area contributed by atoms with Gasteiger partial charge in [-0.3, -0.25) is 9.59 Å². The second-order valence-electron chi connectivity index (χ2n) is 4.26. The summed E-state index contributed by atoms with van der Waals surface area (Å²) >= 11 is 0. The molecule has 94 valence electrons. The summed E-state index contributed by atoms with van der Waals surface area (Å²) in [6, 6.07) is 3.32. The Morgan fingerprint density at radius 1 is 1.47 bits per heavy atom. The van der Waals surface area contributed by atoms with Gasteiger partial charge in [-0.25, -0.2) is 0 Å². The first-order valence-electron chi connectivity index (χ1n) is 5.55. The van der Waals surface area contributed by atoms with Gasteiger partial charge in [-0.1, -0.05) is 0 Å². The standard InChI is InChI=1S/C12H18N2O3/c1-13(2)7-8-14-6-5-10(9-11(14)15)3-4-12(16)17/h5-6,9H,3-4,7-8H2,1-2H3,(H,16,17). The van der Waals surface area contributed by atoms with Gasteiger partial charge in [-0.05, 0) is 32.1 Å². The first kappa shape index (κ1) is 13.4. The Bertz CT molecular complexity index is 438. The maximum atomic E-state index is 11.7. The summed E-state index contributed by atoms with van der Waals surface area (Å²) in [6.45, 7) is 1.44. The molecule has 0 saturated carbocycles. The molecule has 0 saturated heterocycles. The summed E-state index contributed by atoms with van der Waals surface area (Å²) in [5.41, 5.74) is 0.702. The molecule has 0 aliphatic carbocycles. The summed E-state index contributed by atoms with van der Waals surface area (Å²) in [5.74, 6) is -0.846. The van der Waals surface area contributed by atoms with Gasteiger partial charge in [0.15, 0.2) is 0 Å². The largest absolute Gasteiger partial charge is 0.481 e. The van der Waals surface area contributed by atoms with E-state index in [1.165, 1.54) is 6.07 Å². The molecule has 1 N–H and O–H groups in total. The number of hydrogen-bond donors (Lipinski definition) is 1. The van der Waals surface area contributed by atoms with E-state index in [1.807, 2.05) is 19.0 Å². The molecule has 1 rings (SSSR count). The van der Waals surface area contributed by atoms with Gasteiger partial charge in [0.25, 0.3) is 5.56 Å². The molecule has 0 amide bonds. The van der Waals surface area contributed by atoms with E-state index in [1.54, 1.807) is 16.8 Å². The summed E-state index contributed by atoms with van der Waals surface area (Å²) in [6.07, 6.45) is 2.18. The highest BCUT2D eigenvalue weighted by Crippen LogP contribution is 1.99. The molecular weight excluding hydrogens is 220 g/mol. The number of pyridine rings is 1. The van der Waals surface area contributed by atoms with Crippen LogP contribution >= 0.6 is 0 Å². The van der Waals surface area contributed by atoms with E-state index in [2.05, 4.69) is 0 Å². The van der Waals surface area contributed by atoms with Crippen molar-refractivity contribution in [1.82, 2.24) is 9.47 Å². The summed E-state index contributed by atoms with van der Waals surface area (Å²) in [7, 11) is 3.90. The third-order valence-corrected chi connectivity index (χ3v) is 2.48. The topological polar surface area (TPSA) is 62.5 Å². The van der Waals surface area contributed by atoms with Gasteiger partial charge in [0.2, 0.25) is 0 Å². The van der Waals surface area contributed by atoms with Gasteiger partial charge < -0.3 is 14.6 Å². The lowest BCUT2D eigenvalue weighted by Crippen LogP contribution is -2.26. The lowest BCUT2D eigenvalue weighted by atomic mass is 10.1. The fraction of sp³-hybridized carbons (Fsp3) is 0.500. The van der Waals surface area contributed by atoms with Crippen molar-refractivity contribution in [2.75, 3.05) is 20.6 Å². The predicted octanol–water partition coefficient (Wildman–Crippen LogP) is 0.427. The van der Waals surface area contributed by atoms with Crippen LogP contribution in [0.1, 0.15) is 12.0 Å². The molecule has 0 bridgehead atoms. The monoisotopic (exact) mass is 238 g/mol. The Labute approximate surface area is 100 Å². The molecule has 0 aliphatic heterocycles. The average molecular weight is 238 g/mol. The maximum absolute atomic E-state index is 11.7. The zero-order valence-electron chi connectivity index (χ0n) is 10.2. The lowest BCUT2D eigenvalue weighted by Gasteiger charge is -2.11. The van der Waals surface area contributed by atoms with Crippen molar-refractivity contribution in [3.05, 3.63) is 34.2 Å². The van der Waals surface area contributed by atoms with Crippen molar-refractivity contribution < 1.29 is 9.90 Å².